The van der Waals surface area contributed by atoms with Gasteiger partial charge in [-0.25, -0.2) is 4.90 Å². The van der Waals surface area contributed by atoms with Gasteiger partial charge in [0.25, 0.3) is 17.7 Å². The SMILES string of the molecule is CC1=C(CCCCN2CCN(C(=O)c3ccco3)CC2)C(=O)N(c2ccc(C#N)c(C(F)(F)F)c2)C1=O. The number of halogens is 3. The summed E-state index contributed by atoms with van der Waals surface area (Å²) in [7, 11) is 0. The van der Waals surface area contributed by atoms with Crippen LogP contribution in [0.2, 0.25) is 0 Å². The van der Waals surface area contributed by atoms with Crippen LogP contribution < -0.4 is 4.90 Å². The minimum Gasteiger partial charge on any atom is -0.459 e. The number of amides is 3. The molecule has 0 radical (unpaired) electrons. The lowest BCUT2D eigenvalue weighted by atomic mass is 10.0. The summed E-state index contributed by atoms with van der Waals surface area (Å²) < 4.78 is 45.2. The molecule has 2 aliphatic rings. The summed E-state index contributed by atoms with van der Waals surface area (Å²) in [6.45, 7) is 4.83. The van der Waals surface area contributed by atoms with Crippen molar-refractivity contribution in [1.29, 1.82) is 5.26 Å². The Kier molecular flexibility index (Phi) is 7.50. The van der Waals surface area contributed by atoms with Crippen molar-refractivity contribution in [1.82, 2.24) is 9.80 Å². The number of nitriles is 1. The van der Waals surface area contributed by atoms with E-state index >= 15 is 0 Å². The van der Waals surface area contributed by atoms with Gasteiger partial charge in [0.05, 0.1) is 29.1 Å². The molecule has 2 aromatic rings. The van der Waals surface area contributed by atoms with Crippen LogP contribution in [0.4, 0.5) is 18.9 Å². The van der Waals surface area contributed by atoms with E-state index in [0.717, 1.165) is 23.9 Å². The summed E-state index contributed by atoms with van der Waals surface area (Å²) in [5.74, 6) is -1.11. The number of imide groups is 1. The molecule has 3 heterocycles. The zero-order valence-electron chi connectivity index (χ0n) is 20.2. The monoisotopic (exact) mass is 514 g/mol. The number of anilines is 1. The lowest BCUT2D eigenvalue weighted by Crippen LogP contribution is -2.48. The number of alkyl halides is 3. The van der Waals surface area contributed by atoms with Gasteiger partial charge in [-0.15, -0.1) is 0 Å². The average Bonchev–Trinajstić information content (AvgIpc) is 3.49. The van der Waals surface area contributed by atoms with Crippen LogP contribution in [0.25, 0.3) is 0 Å². The first-order valence-corrected chi connectivity index (χ1v) is 11.9. The third-order valence-corrected chi connectivity index (χ3v) is 6.67. The second-order valence-corrected chi connectivity index (χ2v) is 8.96. The van der Waals surface area contributed by atoms with Crippen molar-refractivity contribution in [2.24, 2.45) is 0 Å². The standard InChI is InChI=1S/C26H25F3N4O4/c1-17-20(5-2-3-9-31-10-12-32(13-11-31)25(36)22-6-4-14-37-22)24(35)33(23(17)34)19-8-7-18(16-30)21(15-19)26(27,28)29/h4,6-8,14-15H,2-3,5,9-13H2,1H3. The number of unbranched alkanes of at least 4 members (excludes halogenated alkanes) is 1. The van der Waals surface area contributed by atoms with E-state index in [1.165, 1.54) is 25.3 Å². The Morgan fingerprint density at radius 2 is 1.81 bits per heavy atom. The number of furan rings is 1. The predicted octanol–water partition coefficient (Wildman–Crippen LogP) is 3.99. The molecule has 8 nitrogen and oxygen atoms in total. The highest BCUT2D eigenvalue weighted by atomic mass is 19.4. The minimum absolute atomic E-state index is 0.134. The number of hydrogen-bond donors (Lipinski definition) is 0. The Balaban J connectivity index is 1.30. The third kappa shape index (κ3) is 5.44. The molecule has 194 valence electrons. The smallest absolute Gasteiger partial charge is 0.417 e. The fourth-order valence-electron chi connectivity index (χ4n) is 4.58. The molecular weight excluding hydrogens is 489 g/mol. The molecule has 1 saturated heterocycles. The molecule has 0 unspecified atom stereocenters. The van der Waals surface area contributed by atoms with Crippen molar-refractivity contribution in [2.45, 2.75) is 32.4 Å². The first kappa shape index (κ1) is 26.2. The Hall–Kier alpha value is -3.91. The second-order valence-electron chi connectivity index (χ2n) is 8.96. The number of rotatable bonds is 7. The van der Waals surface area contributed by atoms with E-state index in [0.29, 0.717) is 50.8 Å². The van der Waals surface area contributed by atoms with Crippen molar-refractivity contribution in [3.63, 3.8) is 0 Å². The highest BCUT2D eigenvalue weighted by molar-refractivity contribution is 6.32. The molecule has 0 spiro atoms. The van der Waals surface area contributed by atoms with Crippen LogP contribution in [-0.2, 0) is 15.8 Å². The largest absolute Gasteiger partial charge is 0.459 e. The van der Waals surface area contributed by atoms with Gasteiger partial charge in [-0.2, -0.15) is 18.4 Å². The number of carbonyl (C=O) groups excluding carboxylic acids is 3. The summed E-state index contributed by atoms with van der Waals surface area (Å²) in [6, 6.07) is 7.61. The fraction of sp³-hybridized carbons (Fsp3) is 0.385. The Morgan fingerprint density at radius 1 is 1.08 bits per heavy atom. The zero-order valence-corrected chi connectivity index (χ0v) is 20.2. The molecule has 1 fully saturated rings. The number of piperazine rings is 1. The molecule has 0 aliphatic carbocycles. The van der Waals surface area contributed by atoms with E-state index in [4.69, 9.17) is 9.68 Å². The maximum absolute atomic E-state index is 13.4. The molecule has 2 aliphatic heterocycles. The molecule has 11 heteroatoms. The van der Waals surface area contributed by atoms with E-state index in [1.807, 2.05) is 0 Å². The van der Waals surface area contributed by atoms with Crippen LogP contribution in [-0.4, -0.2) is 60.2 Å². The molecule has 1 aromatic heterocycles. The number of benzene rings is 1. The average molecular weight is 515 g/mol. The number of carbonyl (C=O) groups is 3. The summed E-state index contributed by atoms with van der Waals surface area (Å²) in [5, 5.41) is 8.99. The Bertz CT molecular complexity index is 1270. The number of hydrogen-bond acceptors (Lipinski definition) is 6. The summed E-state index contributed by atoms with van der Waals surface area (Å²) in [5.41, 5.74) is -1.47. The highest BCUT2D eigenvalue weighted by Crippen LogP contribution is 2.36. The van der Waals surface area contributed by atoms with Gasteiger partial charge in [0.15, 0.2) is 5.76 Å². The van der Waals surface area contributed by atoms with Crippen LogP contribution in [0.5, 0.6) is 0 Å². The van der Waals surface area contributed by atoms with Gasteiger partial charge < -0.3 is 9.32 Å². The van der Waals surface area contributed by atoms with Gasteiger partial charge >= 0.3 is 6.18 Å². The van der Waals surface area contributed by atoms with E-state index in [-0.39, 0.29) is 22.7 Å². The van der Waals surface area contributed by atoms with Gasteiger partial charge in [-0.05, 0) is 63.1 Å². The molecule has 37 heavy (non-hydrogen) atoms. The van der Waals surface area contributed by atoms with Gasteiger partial charge in [0, 0.05) is 37.3 Å². The lowest BCUT2D eigenvalue weighted by molar-refractivity contribution is -0.138. The molecule has 0 saturated carbocycles. The van der Waals surface area contributed by atoms with E-state index in [9.17, 15) is 27.6 Å². The van der Waals surface area contributed by atoms with Crippen LogP contribution in [0, 0.1) is 11.3 Å². The Morgan fingerprint density at radius 3 is 2.43 bits per heavy atom. The predicted molar refractivity (Wildman–Crippen MR) is 126 cm³/mol. The molecule has 1 aromatic carbocycles. The van der Waals surface area contributed by atoms with E-state index < -0.39 is 29.1 Å². The van der Waals surface area contributed by atoms with Gasteiger partial charge in [0.1, 0.15) is 0 Å². The second kappa shape index (κ2) is 10.6. The molecule has 0 atom stereocenters. The normalized spacial score (nSPS) is 17.1. The zero-order chi connectivity index (χ0) is 26.7. The van der Waals surface area contributed by atoms with E-state index in [2.05, 4.69) is 4.90 Å². The van der Waals surface area contributed by atoms with Crippen LogP contribution in [0.15, 0.2) is 52.2 Å². The summed E-state index contributed by atoms with van der Waals surface area (Å²) >= 11 is 0. The highest BCUT2D eigenvalue weighted by Gasteiger charge is 2.39. The first-order chi connectivity index (χ1) is 17.6. The maximum atomic E-state index is 13.4. The van der Waals surface area contributed by atoms with Crippen LogP contribution in [0.3, 0.4) is 0 Å². The van der Waals surface area contributed by atoms with Gasteiger partial charge in [0.2, 0.25) is 0 Å². The fourth-order valence-corrected chi connectivity index (χ4v) is 4.58. The molecule has 0 bridgehead atoms. The van der Waals surface area contributed by atoms with E-state index in [1.54, 1.807) is 17.0 Å². The van der Waals surface area contributed by atoms with Crippen LogP contribution >= 0.6 is 0 Å². The summed E-state index contributed by atoms with van der Waals surface area (Å²) in [4.78, 5) is 42.8. The topological polar surface area (TPSA) is 97.9 Å². The van der Waals surface area contributed by atoms with Crippen LogP contribution in [0.1, 0.15) is 47.9 Å². The molecular formula is C26H25F3N4O4. The minimum atomic E-state index is -4.80. The van der Waals surface area contributed by atoms with Crippen molar-refractivity contribution in [2.75, 3.05) is 37.6 Å². The lowest BCUT2D eigenvalue weighted by Gasteiger charge is -2.34. The van der Waals surface area contributed by atoms with Crippen molar-refractivity contribution < 1.29 is 32.0 Å². The van der Waals surface area contributed by atoms with Gasteiger partial charge in [-0.1, -0.05) is 0 Å². The number of nitrogens with zero attached hydrogens (tertiary/aromatic N) is 4. The third-order valence-electron chi connectivity index (χ3n) is 6.67. The Labute approximate surface area is 211 Å². The maximum Gasteiger partial charge on any atom is 0.417 e. The van der Waals surface area contributed by atoms with Gasteiger partial charge in [-0.3, -0.25) is 19.3 Å². The molecule has 3 amide bonds. The van der Waals surface area contributed by atoms with Crippen molar-refractivity contribution in [3.05, 3.63) is 64.6 Å². The summed E-state index contributed by atoms with van der Waals surface area (Å²) in [6.07, 6.45) is -1.64. The van der Waals surface area contributed by atoms with Crippen molar-refractivity contribution >= 4 is 23.4 Å². The van der Waals surface area contributed by atoms with Crippen molar-refractivity contribution in [3.8, 4) is 6.07 Å². The first-order valence-electron chi connectivity index (χ1n) is 11.9. The molecule has 4 rings (SSSR count). The molecule has 0 N–H and O–H groups in total. The quantitative estimate of drug-likeness (QED) is 0.410.